The molecule has 1 aliphatic heterocycles. The van der Waals surface area contributed by atoms with Gasteiger partial charge in [-0.15, -0.1) is 29.8 Å². The van der Waals surface area contributed by atoms with Crippen molar-refractivity contribution < 1.29 is 34.7 Å². The van der Waals surface area contributed by atoms with Gasteiger partial charge in [-0.2, -0.15) is 0 Å². The van der Waals surface area contributed by atoms with Crippen molar-refractivity contribution >= 4 is 5.97 Å². The first-order chi connectivity index (χ1) is 11.5. The molecule has 1 aromatic carbocycles. The fraction of sp³-hybridized carbons (Fsp3) is 0.389. The summed E-state index contributed by atoms with van der Waals surface area (Å²) in [5.74, 6) is 0.0815. The number of ether oxygens (including phenoxy) is 1. The normalized spacial score (nSPS) is 15.6. The Balaban J connectivity index is 0.000000295. The average molecular weight is 521 g/mol. The molecule has 1 aliphatic rings. The van der Waals surface area contributed by atoms with Gasteiger partial charge in [0.25, 0.3) is 0 Å². The van der Waals surface area contributed by atoms with Crippen molar-refractivity contribution in [2.24, 2.45) is 0 Å². The molecule has 2 N–H and O–H groups in total. The van der Waals surface area contributed by atoms with E-state index in [2.05, 4.69) is 21.4 Å². The van der Waals surface area contributed by atoms with Crippen LogP contribution in [0, 0.1) is 19.9 Å². The predicted molar refractivity (Wildman–Crippen MR) is 91.0 cm³/mol. The molecule has 1 unspecified atom stereocenters. The van der Waals surface area contributed by atoms with Crippen LogP contribution in [0.1, 0.15) is 24.2 Å². The molecule has 0 spiro atoms. The van der Waals surface area contributed by atoms with Crippen LogP contribution >= 0.6 is 0 Å². The number of methoxy groups -OCH3 is 1. The van der Waals surface area contributed by atoms with Gasteiger partial charge in [0.15, 0.2) is 0 Å². The number of aliphatic carboxylic acids is 1. The maximum atomic E-state index is 10.1. The fourth-order valence-corrected chi connectivity index (χ4v) is 2.47. The number of hydrogen-bond donors (Lipinski definition) is 2. The molecule has 0 amide bonds. The summed E-state index contributed by atoms with van der Waals surface area (Å²) >= 11 is 0. The van der Waals surface area contributed by atoms with E-state index in [1.54, 1.807) is 13.3 Å². The first-order valence-corrected chi connectivity index (χ1v) is 7.83. The van der Waals surface area contributed by atoms with Gasteiger partial charge in [0, 0.05) is 43.4 Å². The van der Waals surface area contributed by atoms with Gasteiger partial charge in [0.05, 0.1) is 12.8 Å². The van der Waals surface area contributed by atoms with E-state index < -0.39 is 5.97 Å². The smallest absolute Gasteiger partial charge is 0.320 e. The van der Waals surface area contributed by atoms with Crippen molar-refractivity contribution in [2.45, 2.75) is 32.7 Å². The number of carboxylic acids is 1. The van der Waals surface area contributed by atoms with E-state index in [-0.39, 0.29) is 26.1 Å². The van der Waals surface area contributed by atoms with Crippen LogP contribution in [0.15, 0.2) is 24.4 Å². The largest absolute Gasteiger partial charge is 0.516 e. The summed E-state index contributed by atoms with van der Waals surface area (Å²) in [7, 11) is 1.65. The van der Waals surface area contributed by atoms with Crippen molar-refractivity contribution in [3.63, 3.8) is 0 Å². The number of benzene rings is 1. The predicted octanol–water partition coefficient (Wildman–Crippen LogP) is 2.39. The molecule has 1 radical (unpaired) electrons. The van der Waals surface area contributed by atoms with Gasteiger partial charge in [-0.25, -0.2) is 0 Å². The Morgan fingerprint density at radius 1 is 1.44 bits per heavy atom. The van der Waals surface area contributed by atoms with E-state index >= 15 is 0 Å². The summed E-state index contributed by atoms with van der Waals surface area (Å²) in [6.07, 6.45) is 3.54. The van der Waals surface area contributed by atoms with E-state index in [0.29, 0.717) is 0 Å². The quantitative estimate of drug-likeness (QED) is 0.605. The molecule has 1 fully saturated rings. The molecule has 6 nitrogen and oxygen atoms in total. The second kappa shape index (κ2) is 10.2. The number of nitrogens with zero attached hydrogens (tertiary/aromatic N) is 2. The number of aryl methyl sites for hydroxylation is 2. The molecule has 1 atom stereocenters. The topological polar surface area (TPSA) is 84.3 Å². The number of aromatic nitrogens is 2. The van der Waals surface area contributed by atoms with E-state index in [1.807, 2.05) is 32.0 Å². The van der Waals surface area contributed by atoms with Gasteiger partial charge in [0.1, 0.15) is 6.04 Å². The third-order valence-corrected chi connectivity index (χ3v) is 3.69. The Bertz CT molecular complexity index is 704. The molecule has 2 heterocycles. The molecular formula is C18H22IrN3O3-. The van der Waals surface area contributed by atoms with E-state index in [1.165, 1.54) is 0 Å². The number of nitrogens with one attached hydrogen (secondary N) is 1. The van der Waals surface area contributed by atoms with Crippen LogP contribution in [0.5, 0.6) is 5.75 Å². The molecular weight excluding hydrogens is 498 g/mol. The zero-order chi connectivity index (χ0) is 17.5. The van der Waals surface area contributed by atoms with Gasteiger partial charge in [0.2, 0.25) is 0 Å². The molecule has 1 saturated heterocycles. The van der Waals surface area contributed by atoms with Crippen molar-refractivity contribution in [1.82, 2.24) is 15.3 Å². The van der Waals surface area contributed by atoms with Crippen molar-refractivity contribution in [3.05, 3.63) is 41.9 Å². The molecule has 25 heavy (non-hydrogen) atoms. The molecule has 0 saturated carbocycles. The second-order valence-corrected chi connectivity index (χ2v) is 5.57. The van der Waals surface area contributed by atoms with E-state index in [4.69, 9.17) is 9.84 Å². The summed E-state index contributed by atoms with van der Waals surface area (Å²) in [6, 6.07) is 8.47. The Hall–Kier alpha value is -1.82. The van der Waals surface area contributed by atoms with Crippen LogP contribution < -0.4 is 10.1 Å². The Kier molecular flexibility index (Phi) is 8.69. The first kappa shape index (κ1) is 21.2. The van der Waals surface area contributed by atoms with E-state index in [9.17, 15) is 4.79 Å². The molecule has 2 aromatic rings. The van der Waals surface area contributed by atoms with Crippen LogP contribution in [0.3, 0.4) is 0 Å². The zero-order valence-corrected chi connectivity index (χ0v) is 16.9. The SMILES string of the molecule is COc1cc[c-]c(-c2ncc(C)nc2C)c1.O=C(O)C1CCCN1.[Ir]. The fourth-order valence-electron chi connectivity index (χ4n) is 2.47. The standard InChI is InChI=1S/C13H13N2O.C5H9NO2.Ir/c1-9-8-14-13(10(2)15-9)11-5-4-6-12(7-11)16-3;7-5(8)4-2-1-3-6-4;/h4,6-8H,1-3H3;4,6H,1-3H2,(H,7,8);/q-1;;. The van der Waals surface area contributed by atoms with Crippen LogP contribution in [-0.2, 0) is 24.9 Å². The first-order valence-electron chi connectivity index (χ1n) is 7.83. The molecule has 0 aliphatic carbocycles. The van der Waals surface area contributed by atoms with Gasteiger partial charge in [-0.3, -0.25) is 9.78 Å². The molecule has 137 valence electrons. The third kappa shape index (κ3) is 6.20. The van der Waals surface area contributed by atoms with Gasteiger partial charge < -0.3 is 20.1 Å². The van der Waals surface area contributed by atoms with Crippen molar-refractivity contribution in [2.75, 3.05) is 13.7 Å². The van der Waals surface area contributed by atoms with Crippen LogP contribution in [-0.4, -0.2) is 40.7 Å². The summed E-state index contributed by atoms with van der Waals surface area (Å²) in [5, 5.41) is 11.2. The summed E-state index contributed by atoms with van der Waals surface area (Å²) in [6.45, 7) is 4.73. The summed E-state index contributed by atoms with van der Waals surface area (Å²) < 4.78 is 5.17. The minimum Gasteiger partial charge on any atom is -0.516 e. The van der Waals surface area contributed by atoms with Crippen LogP contribution in [0.2, 0.25) is 0 Å². The number of carboxylic acid groups (broad SMARTS) is 1. The zero-order valence-electron chi connectivity index (χ0n) is 14.5. The Morgan fingerprint density at radius 3 is 2.72 bits per heavy atom. The monoisotopic (exact) mass is 521 g/mol. The maximum absolute atomic E-state index is 10.1. The van der Waals surface area contributed by atoms with Gasteiger partial charge in [-0.05, 0) is 33.2 Å². The Labute approximate surface area is 161 Å². The summed E-state index contributed by atoms with van der Waals surface area (Å²) in [4.78, 5) is 18.9. The minimum absolute atomic E-state index is 0. The summed E-state index contributed by atoms with van der Waals surface area (Å²) in [5.41, 5.74) is 3.59. The molecule has 1 aromatic heterocycles. The van der Waals surface area contributed by atoms with Gasteiger partial charge >= 0.3 is 5.97 Å². The van der Waals surface area contributed by atoms with Gasteiger partial charge in [-0.1, -0.05) is 0 Å². The maximum Gasteiger partial charge on any atom is 0.320 e. The molecule has 7 heteroatoms. The number of hydrogen-bond acceptors (Lipinski definition) is 5. The molecule has 3 rings (SSSR count). The average Bonchev–Trinajstić information content (AvgIpc) is 3.10. The second-order valence-electron chi connectivity index (χ2n) is 5.57. The minimum atomic E-state index is -0.720. The number of carbonyl (C=O) groups is 1. The number of rotatable bonds is 3. The van der Waals surface area contributed by atoms with Crippen molar-refractivity contribution in [3.8, 4) is 17.0 Å². The Morgan fingerprint density at radius 2 is 2.20 bits per heavy atom. The van der Waals surface area contributed by atoms with Crippen molar-refractivity contribution in [1.29, 1.82) is 0 Å². The van der Waals surface area contributed by atoms with E-state index in [0.717, 1.165) is 47.8 Å². The van der Waals surface area contributed by atoms with Crippen LogP contribution in [0.25, 0.3) is 11.3 Å². The van der Waals surface area contributed by atoms with Crippen LogP contribution in [0.4, 0.5) is 0 Å². The third-order valence-electron chi connectivity index (χ3n) is 3.69. The molecule has 0 bridgehead atoms.